The fraction of sp³-hybridized carbons (Fsp3) is 0.211. The lowest BCUT2D eigenvalue weighted by Crippen LogP contribution is -1.87. The van der Waals surface area contributed by atoms with E-state index in [1.54, 1.807) is 0 Å². The Balaban J connectivity index is 2.41. The summed E-state index contributed by atoms with van der Waals surface area (Å²) in [6.07, 6.45) is 2.11. The van der Waals surface area contributed by atoms with Gasteiger partial charge in [-0.25, -0.2) is 0 Å². The topological polar surface area (TPSA) is 0 Å². The van der Waals surface area contributed by atoms with Crippen LogP contribution in [0.5, 0.6) is 0 Å². The molecule has 0 aromatic heterocycles. The lowest BCUT2D eigenvalue weighted by atomic mass is 9.99. The highest BCUT2D eigenvalue weighted by atomic mass is 127. The number of rotatable bonds is 2. The number of hydrogen-bond acceptors (Lipinski definition) is 0. The van der Waals surface area contributed by atoms with Gasteiger partial charge in [0, 0.05) is 3.57 Å². The zero-order valence-electron chi connectivity index (χ0n) is 12.4. The molecule has 0 aliphatic rings. The van der Waals surface area contributed by atoms with E-state index in [4.69, 9.17) is 0 Å². The van der Waals surface area contributed by atoms with Crippen LogP contribution < -0.4 is 0 Å². The molecule has 0 heterocycles. The fourth-order valence-corrected chi connectivity index (χ4v) is 2.74. The summed E-state index contributed by atoms with van der Waals surface area (Å²) in [6.45, 7) is 8.57. The highest BCUT2D eigenvalue weighted by Gasteiger charge is 2.00. The molecule has 0 N–H and O–H groups in total. The number of hydrogen-bond donors (Lipinski definition) is 0. The molecule has 0 radical (unpaired) electrons. The van der Waals surface area contributed by atoms with Crippen molar-refractivity contribution in [3.63, 3.8) is 0 Å². The van der Waals surface area contributed by atoms with E-state index in [1.165, 1.54) is 37.0 Å². The highest BCUT2D eigenvalue weighted by Crippen LogP contribution is 2.19. The van der Waals surface area contributed by atoms with Gasteiger partial charge in [-0.05, 0) is 96.3 Å². The third-order valence-electron chi connectivity index (χ3n) is 3.45. The number of aryl methyl sites for hydroxylation is 3. The van der Waals surface area contributed by atoms with Crippen LogP contribution in [-0.4, -0.2) is 0 Å². The van der Waals surface area contributed by atoms with Crippen molar-refractivity contribution in [2.75, 3.05) is 0 Å². The molecule has 20 heavy (non-hydrogen) atoms. The van der Waals surface area contributed by atoms with E-state index < -0.39 is 0 Å². The van der Waals surface area contributed by atoms with E-state index in [0.29, 0.717) is 0 Å². The molecule has 0 unspecified atom stereocenters. The van der Waals surface area contributed by atoms with Gasteiger partial charge in [0.1, 0.15) is 0 Å². The average molecular weight is 374 g/mol. The summed E-state index contributed by atoms with van der Waals surface area (Å²) >= 11 is 2.32. The van der Waals surface area contributed by atoms with Gasteiger partial charge in [-0.2, -0.15) is 0 Å². The van der Waals surface area contributed by atoms with E-state index in [0.717, 1.165) is 0 Å². The van der Waals surface area contributed by atoms with E-state index in [1.807, 2.05) is 0 Å². The summed E-state index contributed by atoms with van der Waals surface area (Å²) in [7, 11) is 0. The lowest BCUT2D eigenvalue weighted by molar-refractivity contribution is 1.30. The zero-order chi connectivity index (χ0) is 14.7. The molecule has 2 aromatic rings. The Kier molecular flexibility index (Phi) is 4.85. The molecule has 2 rings (SSSR count). The van der Waals surface area contributed by atoms with Gasteiger partial charge in [0.2, 0.25) is 0 Å². The van der Waals surface area contributed by atoms with Crippen LogP contribution in [0.1, 0.15) is 34.7 Å². The van der Waals surface area contributed by atoms with Crippen molar-refractivity contribution >= 4 is 34.2 Å². The standard InChI is InChI=1S/C19H19I/c1-13-11-15(3)19(16(4)12-13)10-5-14(2)17-6-8-18(20)9-7-17/h6-12H,1-4H3. The Morgan fingerprint density at radius 3 is 2.10 bits per heavy atom. The van der Waals surface area contributed by atoms with Gasteiger partial charge in [-0.1, -0.05) is 29.8 Å². The van der Waals surface area contributed by atoms with Gasteiger partial charge in [-0.15, -0.1) is 5.73 Å². The van der Waals surface area contributed by atoms with Crippen LogP contribution in [0.4, 0.5) is 0 Å². The summed E-state index contributed by atoms with van der Waals surface area (Å²) in [5.74, 6) is 0. The maximum atomic E-state index is 3.42. The maximum Gasteiger partial charge on any atom is 0.0130 e. The van der Waals surface area contributed by atoms with Crippen molar-refractivity contribution in [2.24, 2.45) is 0 Å². The molecule has 2 aromatic carbocycles. The Morgan fingerprint density at radius 2 is 1.55 bits per heavy atom. The van der Waals surface area contributed by atoms with E-state index in [2.05, 4.69) is 98.5 Å². The van der Waals surface area contributed by atoms with Crippen LogP contribution in [0.2, 0.25) is 0 Å². The first-order valence-electron chi connectivity index (χ1n) is 6.74. The lowest BCUT2D eigenvalue weighted by Gasteiger charge is -2.06. The van der Waals surface area contributed by atoms with Crippen LogP contribution >= 0.6 is 22.6 Å². The van der Waals surface area contributed by atoms with Crippen molar-refractivity contribution in [3.8, 4) is 0 Å². The van der Waals surface area contributed by atoms with Crippen LogP contribution in [-0.2, 0) is 0 Å². The van der Waals surface area contributed by atoms with Gasteiger partial charge in [0.05, 0.1) is 0 Å². The molecule has 0 spiro atoms. The van der Waals surface area contributed by atoms with Crippen molar-refractivity contribution in [2.45, 2.75) is 27.7 Å². The smallest absolute Gasteiger partial charge is 0.0130 e. The molecular weight excluding hydrogens is 355 g/mol. The quantitative estimate of drug-likeness (QED) is 0.451. The highest BCUT2D eigenvalue weighted by molar-refractivity contribution is 14.1. The van der Waals surface area contributed by atoms with Crippen LogP contribution in [0.3, 0.4) is 0 Å². The third-order valence-corrected chi connectivity index (χ3v) is 4.17. The van der Waals surface area contributed by atoms with Gasteiger partial charge in [-0.3, -0.25) is 0 Å². The molecule has 0 saturated carbocycles. The molecule has 1 heteroatoms. The molecule has 0 aliphatic heterocycles. The number of allylic oxidation sites excluding steroid dienone is 1. The minimum absolute atomic E-state index is 1.17. The van der Waals surface area contributed by atoms with Gasteiger partial charge >= 0.3 is 0 Å². The molecule has 0 aliphatic carbocycles. The van der Waals surface area contributed by atoms with Crippen molar-refractivity contribution in [3.05, 3.63) is 73.5 Å². The van der Waals surface area contributed by atoms with E-state index >= 15 is 0 Å². The van der Waals surface area contributed by atoms with Crippen LogP contribution in [0, 0.1) is 24.3 Å². The molecule has 102 valence electrons. The Morgan fingerprint density at radius 1 is 1.00 bits per heavy atom. The SMILES string of the molecule is CC(=C=Cc1c(C)cc(C)cc1C)c1ccc(I)cc1. The normalized spacial score (nSPS) is 10.1. The minimum Gasteiger partial charge on any atom is -0.116 e. The van der Waals surface area contributed by atoms with Gasteiger partial charge in [0.25, 0.3) is 0 Å². The first kappa shape index (κ1) is 15.1. The largest absolute Gasteiger partial charge is 0.116 e. The van der Waals surface area contributed by atoms with Crippen molar-refractivity contribution < 1.29 is 0 Å². The predicted octanol–water partition coefficient (Wildman–Crippen LogP) is 5.93. The Hall–Kier alpha value is -1.31. The molecule has 0 bridgehead atoms. The van der Waals surface area contributed by atoms with Crippen molar-refractivity contribution in [1.82, 2.24) is 0 Å². The summed E-state index contributed by atoms with van der Waals surface area (Å²) in [5.41, 5.74) is 11.0. The molecule has 0 nitrogen and oxygen atoms in total. The summed E-state index contributed by atoms with van der Waals surface area (Å²) in [5, 5.41) is 0. The minimum atomic E-state index is 1.17. The summed E-state index contributed by atoms with van der Waals surface area (Å²) in [6, 6.07) is 13.0. The van der Waals surface area contributed by atoms with E-state index in [9.17, 15) is 0 Å². The van der Waals surface area contributed by atoms with Crippen molar-refractivity contribution in [1.29, 1.82) is 0 Å². The number of halogens is 1. The van der Waals surface area contributed by atoms with Crippen LogP contribution in [0.15, 0.2) is 42.1 Å². The molecule has 0 atom stereocenters. The molecule has 0 fully saturated rings. The monoisotopic (exact) mass is 374 g/mol. The maximum absolute atomic E-state index is 3.42. The second-order valence-electron chi connectivity index (χ2n) is 5.23. The van der Waals surface area contributed by atoms with E-state index in [-0.39, 0.29) is 0 Å². The Bertz CT molecular complexity index is 661. The molecule has 0 amide bonds. The molecular formula is C19H19I. The zero-order valence-corrected chi connectivity index (χ0v) is 14.6. The Labute approximate surface area is 135 Å². The first-order chi connectivity index (χ1) is 9.47. The third kappa shape index (κ3) is 3.62. The number of benzene rings is 2. The first-order valence-corrected chi connectivity index (χ1v) is 7.82. The second kappa shape index (κ2) is 6.43. The summed E-state index contributed by atoms with van der Waals surface area (Å²) < 4.78 is 1.26. The second-order valence-corrected chi connectivity index (χ2v) is 6.48. The summed E-state index contributed by atoms with van der Waals surface area (Å²) in [4.78, 5) is 0. The van der Waals surface area contributed by atoms with Gasteiger partial charge < -0.3 is 0 Å². The fourth-order valence-electron chi connectivity index (χ4n) is 2.38. The van der Waals surface area contributed by atoms with Crippen LogP contribution in [0.25, 0.3) is 11.6 Å². The predicted molar refractivity (Wildman–Crippen MR) is 96.9 cm³/mol. The average Bonchev–Trinajstić information content (AvgIpc) is 2.38. The van der Waals surface area contributed by atoms with Gasteiger partial charge in [0.15, 0.2) is 0 Å². The molecule has 0 saturated heterocycles.